The van der Waals surface area contributed by atoms with Crippen molar-refractivity contribution >= 4 is 28.1 Å². The molecule has 1 aromatic carbocycles. The molecule has 0 atom stereocenters. The van der Waals surface area contributed by atoms with Gasteiger partial charge < -0.3 is 20.5 Å². The second-order valence-electron chi connectivity index (χ2n) is 7.25. The van der Waals surface area contributed by atoms with Crippen LogP contribution in [0.3, 0.4) is 0 Å². The third-order valence-corrected chi connectivity index (χ3v) is 5.35. The first-order valence-corrected chi connectivity index (χ1v) is 10.0. The molecule has 1 aliphatic rings. The van der Waals surface area contributed by atoms with Crippen molar-refractivity contribution in [2.75, 3.05) is 36.4 Å². The van der Waals surface area contributed by atoms with Gasteiger partial charge in [-0.05, 0) is 30.3 Å². The maximum Gasteiger partial charge on any atom is 0.259 e. The van der Waals surface area contributed by atoms with Crippen LogP contribution in [0.25, 0.3) is 21.9 Å². The van der Waals surface area contributed by atoms with Crippen molar-refractivity contribution in [1.82, 2.24) is 20.3 Å². The Hall–Kier alpha value is -3.71. The number of nitrogens with one attached hydrogen (secondary N) is 3. The van der Waals surface area contributed by atoms with Crippen LogP contribution >= 0.6 is 0 Å². The Morgan fingerprint density at radius 2 is 1.77 bits per heavy atom. The Balaban J connectivity index is 1.55. The number of nitrogens with zero attached hydrogens (tertiary/aromatic N) is 3. The average molecular weight is 398 g/mol. The van der Waals surface area contributed by atoms with Crippen LogP contribution in [-0.4, -0.2) is 41.1 Å². The van der Waals surface area contributed by atoms with E-state index < -0.39 is 0 Å². The monoisotopic (exact) mass is 398 g/mol. The molecule has 0 unspecified atom stereocenters. The van der Waals surface area contributed by atoms with E-state index >= 15 is 0 Å². The van der Waals surface area contributed by atoms with Gasteiger partial charge in [-0.25, -0.2) is 9.97 Å². The number of aromatic amines is 1. The Bertz CT molecular complexity index is 1210. The van der Waals surface area contributed by atoms with Crippen molar-refractivity contribution in [1.29, 1.82) is 0 Å². The standard InChI is InChI=1S/C23H22N6O/c30-23-21-18(8-9-25-23)19(15-27-22(21)28-17-4-2-1-3-5-17)16-6-7-20(26-14-16)29-12-10-24-11-13-29/h1-9,14-15,24H,10-13H2,(H,25,30)(H,27,28). The zero-order valence-electron chi connectivity index (χ0n) is 16.4. The van der Waals surface area contributed by atoms with E-state index in [1.165, 1.54) is 0 Å². The first kappa shape index (κ1) is 18.3. The Morgan fingerprint density at radius 1 is 0.933 bits per heavy atom. The highest BCUT2D eigenvalue weighted by Gasteiger charge is 2.15. The molecule has 7 nitrogen and oxygen atoms in total. The number of H-pyrrole nitrogens is 1. The van der Waals surface area contributed by atoms with E-state index in [0.29, 0.717) is 11.2 Å². The predicted molar refractivity (Wildman–Crippen MR) is 120 cm³/mol. The second-order valence-corrected chi connectivity index (χ2v) is 7.25. The molecular weight excluding hydrogens is 376 g/mol. The fraction of sp³-hybridized carbons (Fsp3) is 0.174. The molecule has 4 heterocycles. The van der Waals surface area contributed by atoms with Crippen LogP contribution in [0.2, 0.25) is 0 Å². The molecule has 1 fully saturated rings. The number of para-hydroxylation sites is 1. The van der Waals surface area contributed by atoms with Gasteiger partial charge in [-0.3, -0.25) is 4.79 Å². The molecule has 0 bridgehead atoms. The second kappa shape index (κ2) is 7.96. The highest BCUT2D eigenvalue weighted by molar-refractivity contribution is 6.01. The number of piperazine rings is 1. The van der Waals surface area contributed by atoms with Crippen LogP contribution in [-0.2, 0) is 0 Å². The normalized spacial score (nSPS) is 14.1. The first-order chi connectivity index (χ1) is 14.8. The zero-order chi connectivity index (χ0) is 20.3. The molecule has 1 saturated heterocycles. The highest BCUT2D eigenvalue weighted by Crippen LogP contribution is 2.31. The molecule has 1 aliphatic heterocycles. The molecule has 4 aromatic rings. The summed E-state index contributed by atoms with van der Waals surface area (Å²) in [6.07, 6.45) is 5.33. The number of hydrogen-bond donors (Lipinski definition) is 3. The minimum Gasteiger partial charge on any atom is -0.354 e. The topological polar surface area (TPSA) is 85.9 Å². The summed E-state index contributed by atoms with van der Waals surface area (Å²) in [4.78, 5) is 27.0. The number of pyridine rings is 3. The maximum absolute atomic E-state index is 12.7. The Labute approximate surface area is 173 Å². The van der Waals surface area contributed by atoms with E-state index in [1.807, 2.05) is 54.7 Å². The third kappa shape index (κ3) is 3.51. The lowest BCUT2D eigenvalue weighted by Gasteiger charge is -2.28. The number of hydrogen-bond acceptors (Lipinski definition) is 6. The fourth-order valence-electron chi connectivity index (χ4n) is 3.81. The van der Waals surface area contributed by atoms with E-state index in [0.717, 1.165) is 54.2 Å². The van der Waals surface area contributed by atoms with Gasteiger partial charge in [0.05, 0.1) is 5.39 Å². The smallest absolute Gasteiger partial charge is 0.259 e. The van der Waals surface area contributed by atoms with Gasteiger partial charge in [0.2, 0.25) is 0 Å². The molecule has 0 amide bonds. The lowest BCUT2D eigenvalue weighted by molar-refractivity contribution is 0.585. The molecule has 30 heavy (non-hydrogen) atoms. The van der Waals surface area contributed by atoms with E-state index in [1.54, 1.807) is 12.4 Å². The summed E-state index contributed by atoms with van der Waals surface area (Å²) in [6.45, 7) is 3.84. The largest absolute Gasteiger partial charge is 0.354 e. The first-order valence-electron chi connectivity index (χ1n) is 10.0. The molecular formula is C23H22N6O. The van der Waals surface area contributed by atoms with Gasteiger partial charge in [0.25, 0.3) is 5.56 Å². The number of aromatic nitrogens is 3. The molecule has 5 rings (SSSR count). The van der Waals surface area contributed by atoms with Crippen molar-refractivity contribution in [2.24, 2.45) is 0 Å². The maximum atomic E-state index is 12.7. The summed E-state index contributed by atoms with van der Waals surface area (Å²) in [6, 6.07) is 15.7. The van der Waals surface area contributed by atoms with Gasteiger partial charge in [0.1, 0.15) is 11.6 Å². The van der Waals surface area contributed by atoms with Crippen LogP contribution in [0.5, 0.6) is 0 Å². The summed E-state index contributed by atoms with van der Waals surface area (Å²) in [5.74, 6) is 1.50. The van der Waals surface area contributed by atoms with Crippen molar-refractivity contribution in [3.05, 3.63) is 77.5 Å². The number of rotatable bonds is 4. The van der Waals surface area contributed by atoms with Crippen molar-refractivity contribution in [3.8, 4) is 11.1 Å². The molecule has 150 valence electrons. The van der Waals surface area contributed by atoms with E-state index in [4.69, 9.17) is 0 Å². The number of anilines is 3. The van der Waals surface area contributed by atoms with Crippen LogP contribution in [0.4, 0.5) is 17.3 Å². The molecule has 0 spiro atoms. The third-order valence-electron chi connectivity index (χ3n) is 5.35. The van der Waals surface area contributed by atoms with E-state index in [-0.39, 0.29) is 5.56 Å². The van der Waals surface area contributed by atoms with E-state index in [2.05, 4.69) is 30.5 Å². The summed E-state index contributed by atoms with van der Waals surface area (Å²) in [5, 5.41) is 7.98. The molecule has 0 aliphatic carbocycles. The molecule has 7 heteroatoms. The summed E-state index contributed by atoms with van der Waals surface area (Å²) in [5.41, 5.74) is 2.52. The lowest BCUT2D eigenvalue weighted by atomic mass is 10.0. The van der Waals surface area contributed by atoms with Gasteiger partial charge in [-0.1, -0.05) is 18.2 Å². The molecule has 3 aromatic heterocycles. The number of fused-ring (bicyclic) bond motifs is 1. The number of benzene rings is 1. The predicted octanol–water partition coefficient (Wildman–Crippen LogP) is 3.14. The van der Waals surface area contributed by atoms with Gasteiger partial charge in [-0.15, -0.1) is 0 Å². The van der Waals surface area contributed by atoms with Gasteiger partial charge in [0.15, 0.2) is 0 Å². The fourth-order valence-corrected chi connectivity index (χ4v) is 3.81. The molecule has 3 N–H and O–H groups in total. The van der Waals surface area contributed by atoms with Crippen molar-refractivity contribution < 1.29 is 0 Å². The minimum atomic E-state index is -0.175. The molecule has 0 radical (unpaired) electrons. The van der Waals surface area contributed by atoms with Gasteiger partial charge in [0, 0.05) is 67.0 Å². The lowest BCUT2D eigenvalue weighted by Crippen LogP contribution is -2.43. The summed E-state index contributed by atoms with van der Waals surface area (Å²) < 4.78 is 0. The van der Waals surface area contributed by atoms with Gasteiger partial charge >= 0.3 is 0 Å². The van der Waals surface area contributed by atoms with Crippen LogP contribution in [0, 0.1) is 0 Å². The van der Waals surface area contributed by atoms with Crippen LogP contribution in [0.15, 0.2) is 71.9 Å². The van der Waals surface area contributed by atoms with Crippen LogP contribution < -0.4 is 21.1 Å². The average Bonchev–Trinajstić information content (AvgIpc) is 2.81. The molecule has 0 saturated carbocycles. The van der Waals surface area contributed by atoms with Crippen LogP contribution in [0.1, 0.15) is 0 Å². The Kier molecular flexibility index (Phi) is 4.86. The van der Waals surface area contributed by atoms with Crippen molar-refractivity contribution in [2.45, 2.75) is 0 Å². The SMILES string of the molecule is O=c1[nH]ccc2c(-c3ccc(N4CCNCC4)nc3)cnc(Nc3ccccc3)c12. The summed E-state index contributed by atoms with van der Waals surface area (Å²) >= 11 is 0. The zero-order valence-corrected chi connectivity index (χ0v) is 16.4. The van der Waals surface area contributed by atoms with Gasteiger partial charge in [-0.2, -0.15) is 0 Å². The summed E-state index contributed by atoms with van der Waals surface area (Å²) in [7, 11) is 0. The quantitative estimate of drug-likeness (QED) is 0.490. The minimum absolute atomic E-state index is 0.175. The van der Waals surface area contributed by atoms with Crippen molar-refractivity contribution in [3.63, 3.8) is 0 Å². The Morgan fingerprint density at radius 3 is 2.53 bits per heavy atom. The highest BCUT2D eigenvalue weighted by atomic mass is 16.1. The van der Waals surface area contributed by atoms with E-state index in [9.17, 15) is 4.79 Å².